The number of esters is 1. The van der Waals surface area contributed by atoms with Crippen LogP contribution >= 0.6 is 0 Å². The summed E-state index contributed by atoms with van der Waals surface area (Å²) in [4.78, 5) is 24.0. The molecule has 1 N–H and O–H groups in total. The molecule has 2 rings (SSSR count). The molecule has 0 unspecified atom stereocenters. The minimum Gasteiger partial charge on any atom is -0.452 e. The largest absolute Gasteiger partial charge is 0.452 e. The fourth-order valence-corrected chi connectivity index (χ4v) is 2.12. The zero-order valence-corrected chi connectivity index (χ0v) is 13.7. The molecule has 0 radical (unpaired) electrons. The number of carbonyl (C=O) groups is 2. The Balaban J connectivity index is 1.97. The first-order valence-electron chi connectivity index (χ1n) is 7.45. The smallest absolute Gasteiger partial charge is 0.387 e. The topological polar surface area (TPSA) is 64.6 Å². The summed E-state index contributed by atoms with van der Waals surface area (Å²) < 4.78 is 34.0. The standard InChI is InChI=1S/C18H17F2NO4/c1-11-7-8-12(2)13(9-11)17(23)24-10-16(22)21-14-5-3-4-6-15(14)25-18(19)20/h3-9,18H,10H2,1-2H3,(H,21,22). The number of aryl methyl sites for hydroxylation is 2. The van der Waals surface area contributed by atoms with Gasteiger partial charge >= 0.3 is 12.6 Å². The third-order valence-electron chi connectivity index (χ3n) is 3.32. The van der Waals surface area contributed by atoms with E-state index in [9.17, 15) is 18.4 Å². The second kappa shape index (κ2) is 8.23. The molecule has 132 valence electrons. The maximum Gasteiger partial charge on any atom is 0.387 e. The molecule has 0 saturated heterocycles. The lowest BCUT2D eigenvalue weighted by molar-refractivity contribution is -0.119. The van der Waals surface area contributed by atoms with Crippen LogP contribution in [0.4, 0.5) is 14.5 Å². The van der Waals surface area contributed by atoms with Crippen LogP contribution in [0.5, 0.6) is 5.75 Å². The molecular formula is C18H17F2NO4. The van der Waals surface area contributed by atoms with E-state index in [1.54, 1.807) is 25.1 Å². The Morgan fingerprint density at radius 3 is 2.56 bits per heavy atom. The van der Waals surface area contributed by atoms with Crippen molar-refractivity contribution in [2.45, 2.75) is 20.5 Å². The fraction of sp³-hybridized carbons (Fsp3) is 0.222. The normalized spacial score (nSPS) is 10.4. The van der Waals surface area contributed by atoms with Gasteiger partial charge in [0.05, 0.1) is 11.3 Å². The summed E-state index contributed by atoms with van der Waals surface area (Å²) in [7, 11) is 0. The molecule has 5 nitrogen and oxygen atoms in total. The number of nitrogens with one attached hydrogen (secondary N) is 1. The third kappa shape index (κ3) is 5.27. The first kappa shape index (κ1) is 18.4. The van der Waals surface area contributed by atoms with Crippen molar-refractivity contribution in [2.75, 3.05) is 11.9 Å². The molecule has 0 aliphatic carbocycles. The SMILES string of the molecule is Cc1ccc(C)c(C(=O)OCC(=O)Nc2ccccc2OC(F)F)c1. The number of amides is 1. The highest BCUT2D eigenvalue weighted by molar-refractivity contribution is 5.96. The number of halogens is 2. The summed E-state index contributed by atoms with van der Waals surface area (Å²) in [5, 5.41) is 2.37. The summed E-state index contributed by atoms with van der Waals surface area (Å²) in [5.74, 6) is -1.47. The van der Waals surface area contributed by atoms with E-state index in [1.807, 2.05) is 13.0 Å². The van der Waals surface area contributed by atoms with E-state index in [4.69, 9.17) is 4.74 Å². The third-order valence-corrected chi connectivity index (χ3v) is 3.32. The predicted molar refractivity (Wildman–Crippen MR) is 87.9 cm³/mol. The second-order valence-corrected chi connectivity index (χ2v) is 5.32. The molecule has 0 bridgehead atoms. The highest BCUT2D eigenvalue weighted by atomic mass is 19.3. The minimum atomic E-state index is -3.01. The lowest BCUT2D eigenvalue weighted by Gasteiger charge is -2.12. The van der Waals surface area contributed by atoms with Gasteiger partial charge in [0, 0.05) is 0 Å². The molecule has 25 heavy (non-hydrogen) atoms. The first-order valence-corrected chi connectivity index (χ1v) is 7.45. The van der Waals surface area contributed by atoms with Crippen LogP contribution in [0, 0.1) is 13.8 Å². The van der Waals surface area contributed by atoms with Crippen molar-refractivity contribution in [3.05, 3.63) is 59.2 Å². The van der Waals surface area contributed by atoms with E-state index in [0.29, 0.717) is 5.56 Å². The highest BCUT2D eigenvalue weighted by Gasteiger charge is 2.15. The Morgan fingerprint density at radius 2 is 1.84 bits per heavy atom. The Bertz CT molecular complexity index is 777. The van der Waals surface area contributed by atoms with Crippen molar-refractivity contribution in [3.63, 3.8) is 0 Å². The fourth-order valence-electron chi connectivity index (χ4n) is 2.12. The number of ether oxygens (including phenoxy) is 2. The van der Waals surface area contributed by atoms with Gasteiger partial charge in [-0.05, 0) is 37.6 Å². The maximum atomic E-state index is 12.3. The van der Waals surface area contributed by atoms with Gasteiger partial charge in [-0.25, -0.2) is 4.79 Å². The number of hydrogen-bond donors (Lipinski definition) is 1. The number of rotatable bonds is 6. The van der Waals surface area contributed by atoms with Crippen LogP contribution in [-0.4, -0.2) is 25.1 Å². The molecule has 0 aliphatic rings. The van der Waals surface area contributed by atoms with Crippen molar-refractivity contribution in [1.29, 1.82) is 0 Å². The average molecular weight is 349 g/mol. The highest BCUT2D eigenvalue weighted by Crippen LogP contribution is 2.25. The number of carbonyl (C=O) groups excluding carboxylic acids is 2. The summed E-state index contributed by atoms with van der Waals surface area (Å²) in [5.41, 5.74) is 2.05. The van der Waals surface area contributed by atoms with Crippen LogP contribution < -0.4 is 10.1 Å². The zero-order chi connectivity index (χ0) is 18.4. The van der Waals surface area contributed by atoms with Gasteiger partial charge in [-0.2, -0.15) is 8.78 Å². The Labute approximate surface area is 143 Å². The Hall–Kier alpha value is -2.96. The van der Waals surface area contributed by atoms with Gasteiger partial charge in [0.25, 0.3) is 5.91 Å². The van der Waals surface area contributed by atoms with E-state index in [2.05, 4.69) is 10.1 Å². The molecule has 1 amide bonds. The van der Waals surface area contributed by atoms with Gasteiger partial charge in [0.1, 0.15) is 5.75 Å². The molecule has 0 aromatic heterocycles. The molecule has 0 heterocycles. The number of hydrogen-bond acceptors (Lipinski definition) is 4. The predicted octanol–water partition coefficient (Wildman–Crippen LogP) is 3.70. The number of benzene rings is 2. The van der Waals surface area contributed by atoms with Gasteiger partial charge in [-0.1, -0.05) is 29.8 Å². The monoisotopic (exact) mass is 349 g/mol. The molecule has 0 atom stereocenters. The molecule has 2 aromatic carbocycles. The van der Waals surface area contributed by atoms with Crippen LogP contribution in [0.1, 0.15) is 21.5 Å². The maximum absolute atomic E-state index is 12.3. The van der Waals surface area contributed by atoms with Gasteiger partial charge in [0.15, 0.2) is 6.61 Å². The summed E-state index contributed by atoms with van der Waals surface area (Å²) in [6, 6.07) is 11.1. The average Bonchev–Trinajstić information content (AvgIpc) is 2.56. The van der Waals surface area contributed by atoms with Crippen LogP contribution in [0.15, 0.2) is 42.5 Å². The molecular weight excluding hydrogens is 332 g/mol. The van der Waals surface area contributed by atoms with E-state index < -0.39 is 25.1 Å². The van der Waals surface area contributed by atoms with Gasteiger partial charge < -0.3 is 14.8 Å². The summed E-state index contributed by atoms with van der Waals surface area (Å²) in [6.07, 6.45) is 0. The van der Waals surface area contributed by atoms with Crippen molar-refractivity contribution in [1.82, 2.24) is 0 Å². The lowest BCUT2D eigenvalue weighted by Crippen LogP contribution is -2.22. The minimum absolute atomic E-state index is 0.0654. The lowest BCUT2D eigenvalue weighted by atomic mass is 10.1. The van der Waals surface area contributed by atoms with E-state index in [1.165, 1.54) is 18.2 Å². The summed E-state index contributed by atoms with van der Waals surface area (Å²) >= 11 is 0. The van der Waals surface area contributed by atoms with E-state index in [-0.39, 0.29) is 11.4 Å². The quantitative estimate of drug-likeness (QED) is 0.808. The summed E-state index contributed by atoms with van der Waals surface area (Å²) in [6.45, 7) is 0.0340. The second-order valence-electron chi connectivity index (χ2n) is 5.32. The van der Waals surface area contributed by atoms with Crippen LogP contribution in [-0.2, 0) is 9.53 Å². The Kier molecular flexibility index (Phi) is 6.05. The van der Waals surface area contributed by atoms with Crippen molar-refractivity contribution in [3.8, 4) is 5.75 Å². The van der Waals surface area contributed by atoms with Crippen molar-refractivity contribution in [2.24, 2.45) is 0 Å². The van der Waals surface area contributed by atoms with Gasteiger partial charge in [-0.3, -0.25) is 4.79 Å². The zero-order valence-electron chi connectivity index (χ0n) is 13.7. The van der Waals surface area contributed by atoms with Crippen LogP contribution in [0.3, 0.4) is 0 Å². The van der Waals surface area contributed by atoms with E-state index in [0.717, 1.165) is 11.1 Å². The van der Waals surface area contributed by atoms with Crippen LogP contribution in [0.25, 0.3) is 0 Å². The molecule has 0 spiro atoms. The molecule has 0 saturated carbocycles. The van der Waals surface area contributed by atoms with Crippen LogP contribution in [0.2, 0.25) is 0 Å². The number of alkyl halides is 2. The first-order chi connectivity index (χ1) is 11.9. The molecule has 7 heteroatoms. The van der Waals surface area contributed by atoms with Gasteiger partial charge in [0.2, 0.25) is 0 Å². The van der Waals surface area contributed by atoms with E-state index >= 15 is 0 Å². The van der Waals surface area contributed by atoms with Crippen molar-refractivity contribution < 1.29 is 27.8 Å². The Morgan fingerprint density at radius 1 is 1.12 bits per heavy atom. The molecule has 0 aliphatic heterocycles. The molecule has 2 aromatic rings. The van der Waals surface area contributed by atoms with Crippen molar-refractivity contribution >= 4 is 17.6 Å². The molecule has 0 fully saturated rings. The number of para-hydroxylation sites is 2. The number of anilines is 1. The van der Waals surface area contributed by atoms with Gasteiger partial charge in [-0.15, -0.1) is 0 Å².